The average molecular weight is 379 g/mol. The second-order valence-corrected chi connectivity index (χ2v) is 8.22. The highest BCUT2D eigenvalue weighted by Gasteiger charge is 2.25. The maximum absolute atomic E-state index is 12.6. The summed E-state index contributed by atoms with van der Waals surface area (Å²) in [5.74, 6) is 1.85. The fraction of sp³-hybridized carbons (Fsp3) is 0.522. The summed E-state index contributed by atoms with van der Waals surface area (Å²) in [5.41, 5.74) is 3.22. The zero-order valence-corrected chi connectivity index (χ0v) is 16.8. The summed E-state index contributed by atoms with van der Waals surface area (Å²) in [5, 5.41) is 8.85. The van der Waals surface area contributed by atoms with E-state index < -0.39 is 0 Å². The molecule has 2 fully saturated rings. The average Bonchev–Trinajstić information content (AvgIpc) is 2.75. The SMILES string of the molecule is Cc1ccc(-c2ccc(N3CCN(C(=O)CC4CCCCC4)CC3)nn2)cc1. The molecule has 0 N–H and O–H groups in total. The van der Waals surface area contributed by atoms with Crippen molar-refractivity contribution < 1.29 is 4.79 Å². The van der Waals surface area contributed by atoms with Gasteiger partial charge in [-0.05, 0) is 37.8 Å². The monoisotopic (exact) mass is 378 g/mol. The lowest BCUT2D eigenvalue weighted by molar-refractivity contribution is -0.132. The van der Waals surface area contributed by atoms with Crippen molar-refractivity contribution in [3.8, 4) is 11.3 Å². The van der Waals surface area contributed by atoms with Gasteiger partial charge in [0.25, 0.3) is 0 Å². The molecule has 28 heavy (non-hydrogen) atoms. The zero-order chi connectivity index (χ0) is 19.3. The highest BCUT2D eigenvalue weighted by Crippen LogP contribution is 2.27. The first kappa shape index (κ1) is 18.9. The second kappa shape index (κ2) is 8.72. The first-order valence-corrected chi connectivity index (χ1v) is 10.6. The third-order valence-corrected chi connectivity index (χ3v) is 6.14. The number of hydrogen-bond acceptors (Lipinski definition) is 4. The van der Waals surface area contributed by atoms with Crippen molar-refractivity contribution in [1.82, 2.24) is 15.1 Å². The molecule has 0 spiro atoms. The van der Waals surface area contributed by atoms with Crippen LogP contribution in [-0.2, 0) is 4.79 Å². The van der Waals surface area contributed by atoms with Gasteiger partial charge in [0, 0.05) is 38.2 Å². The Morgan fingerprint density at radius 2 is 1.64 bits per heavy atom. The van der Waals surface area contributed by atoms with E-state index in [1.54, 1.807) is 0 Å². The predicted octanol–water partition coefficient (Wildman–Crippen LogP) is 4.07. The lowest BCUT2D eigenvalue weighted by Crippen LogP contribution is -2.49. The topological polar surface area (TPSA) is 49.3 Å². The van der Waals surface area contributed by atoms with E-state index in [2.05, 4.69) is 46.3 Å². The van der Waals surface area contributed by atoms with E-state index in [1.165, 1.54) is 37.7 Å². The Labute approximate surface area is 167 Å². The Morgan fingerprint density at radius 3 is 2.29 bits per heavy atom. The van der Waals surface area contributed by atoms with Crippen LogP contribution in [0.25, 0.3) is 11.3 Å². The molecule has 0 radical (unpaired) electrons. The van der Waals surface area contributed by atoms with Crippen molar-refractivity contribution in [3.63, 3.8) is 0 Å². The molecule has 0 atom stereocenters. The summed E-state index contributed by atoms with van der Waals surface area (Å²) in [6.45, 7) is 5.31. The van der Waals surface area contributed by atoms with Crippen LogP contribution in [0.15, 0.2) is 36.4 Å². The molecule has 2 aromatic rings. The first-order chi connectivity index (χ1) is 13.7. The van der Waals surface area contributed by atoms with Crippen LogP contribution in [0.5, 0.6) is 0 Å². The maximum Gasteiger partial charge on any atom is 0.222 e. The van der Waals surface area contributed by atoms with Crippen molar-refractivity contribution in [2.24, 2.45) is 5.92 Å². The molecule has 0 bridgehead atoms. The maximum atomic E-state index is 12.6. The van der Waals surface area contributed by atoms with Gasteiger partial charge in [-0.1, -0.05) is 49.1 Å². The van der Waals surface area contributed by atoms with Crippen LogP contribution >= 0.6 is 0 Å². The van der Waals surface area contributed by atoms with Crippen molar-refractivity contribution in [3.05, 3.63) is 42.0 Å². The number of hydrogen-bond donors (Lipinski definition) is 0. The Hall–Kier alpha value is -2.43. The van der Waals surface area contributed by atoms with Gasteiger partial charge < -0.3 is 9.80 Å². The minimum absolute atomic E-state index is 0.340. The molecule has 5 heteroatoms. The van der Waals surface area contributed by atoms with Gasteiger partial charge in [0.1, 0.15) is 0 Å². The summed E-state index contributed by atoms with van der Waals surface area (Å²) in [4.78, 5) is 16.9. The summed E-state index contributed by atoms with van der Waals surface area (Å²) < 4.78 is 0. The summed E-state index contributed by atoms with van der Waals surface area (Å²) in [6.07, 6.45) is 7.13. The minimum Gasteiger partial charge on any atom is -0.352 e. The predicted molar refractivity (Wildman–Crippen MR) is 112 cm³/mol. The molecule has 1 aliphatic carbocycles. The van der Waals surface area contributed by atoms with Gasteiger partial charge in [-0.25, -0.2) is 0 Å². The molecular formula is C23H30N4O. The van der Waals surface area contributed by atoms with E-state index in [4.69, 9.17) is 0 Å². The highest BCUT2D eigenvalue weighted by molar-refractivity contribution is 5.76. The number of anilines is 1. The fourth-order valence-corrected chi connectivity index (χ4v) is 4.32. The molecule has 1 amide bonds. The van der Waals surface area contributed by atoms with Gasteiger partial charge in [0.15, 0.2) is 5.82 Å². The lowest BCUT2D eigenvalue weighted by Gasteiger charge is -2.36. The quantitative estimate of drug-likeness (QED) is 0.805. The number of amides is 1. The van der Waals surface area contributed by atoms with Crippen molar-refractivity contribution in [2.45, 2.75) is 45.4 Å². The largest absolute Gasteiger partial charge is 0.352 e. The molecule has 4 rings (SSSR count). The Kier molecular flexibility index (Phi) is 5.89. The number of nitrogens with zero attached hydrogens (tertiary/aromatic N) is 4. The number of carbonyl (C=O) groups excluding carboxylic acids is 1. The highest BCUT2D eigenvalue weighted by atomic mass is 16.2. The normalized spacial score (nSPS) is 18.3. The number of aryl methyl sites for hydroxylation is 1. The molecule has 5 nitrogen and oxygen atoms in total. The standard InChI is InChI=1S/C23H30N4O/c1-18-7-9-20(10-8-18)21-11-12-22(25-24-21)26-13-15-27(16-14-26)23(28)17-19-5-3-2-4-6-19/h7-12,19H,2-6,13-17H2,1H3. The molecule has 0 unspecified atom stereocenters. The third-order valence-electron chi connectivity index (χ3n) is 6.14. The van der Waals surface area contributed by atoms with Crippen molar-refractivity contribution in [1.29, 1.82) is 0 Å². The van der Waals surface area contributed by atoms with Crippen LogP contribution in [0, 0.1) is 12.8 Å². The van der Waals surface area contributed by atoms with Crippen LogP contribution in [0.2, 0.25) is 0 Å². The molecule has 1 saturated heterocycles. The van der Waals surface area contributed by atoms with Gasteiger partial charge in [-0.3, -0.25) is 4.79 Å². The number of carbonyl (C=O) groups is 1. The van der Waals surface area contributed by atoms with E-state index in [-0.39, 0.29) is 0 Å². The van der Waals surface area contributed by atoms with Gasteiger partial charge >= 0.3 is 0 Å². The van der Waals surface area contributed by atoms with Crippen molar-refractivity contribution in [2.75, 3.05) is 31.1 Å². The van der Waals surface area contributed by atoms with E-state index in [0.29, 0.717) is 11.8 Å². The third kappa shape index (κ3) is 4.51. The minimum atomic E-state index is 0.340. The van der Waals surface area contributed by atoms with E-state index in [1.807, 2.05) is 17.0 Å². The van der Waals surface area contributed by atoms with Crippen LogP contribution in [-0.4, -0.2) is 47.2 Å². The second-order valence-electron chi connectivity index (χ2n) is 8.22. The number of aromatic nitrogens is 2. The molecule has 148 valence electrons. The molecule has 1 aliphatic heterocycles. The lowest BCUT2D eigenvalue weighted by atomic mass is 9.86. The van der Waals surface area contributed by atoms with Crippen molar-refractivity contribution >= 4 is 11.7 Å². The van der Waals surface area contributed by atoms with E-state index in [0.717, 1.165) is 49.7 Å². The number of piperazine rings is 1. The van der Waals surface area contributed by atoms with Crippen LogP contribution in [0.4, 0.5) is 5.82 Å². The van der Waals surface area contributed by atoms with Crippen LogP contribution in [0.3, 0.4) is 0 Å². The van der Waals surface area contributed by atoms with Gasteiger partial charge in [0.2, 0.25) is 5.91 Å². The van der Waals surface area contributed by atoms with E-state index in [9.17, 15) is 4.79 Å². The van der Waals surface area contributed by atoms with Crippen LogP contribution < -0.4 is 4.90 Å². The number of benzene rings is 1. The first-order valence-electron chi connectivity index (χ1n) is 10.6. The Bertz CT molecular complexity index is 773. The van der Waals surface area contributed by atoms with Crippen LogP contribution in [0.1, 0.15) is 44.1 Å². The summed E-state index contributed by atoms with van der Waals surface area (Å²) in [6, 6.07) is 12.4. The molecule has 1 aromatic carbocycles. The molecule has 2 aliphatic rings. The number of rotatable bonds is 4. The Morgan fingerprint density at radius 1 is 0.929 bits per heavy atom. The summed E-state index contributed by atoms with van der Waals surface area (Å²) >= 11 is 0. The smallest absolute Gasteiger partial charge is 0.222 e. The van der Waals surface area contributed by atoms with Gasteiger partial charge in [0.05, 0.1) is 5.69 Å². The zero-order valence-electron chi connectivity index (χ0n) is 16.8. The molecule has 2 heterocycles. The molecule has 1 aromatic heterocycles. The molecular weight excluding hydrogens is 348 g/mol. The fourth-order valence-electron chi connectivity index (χ4n) is 4.32. The summed E-state index contributed by atoms with van der Waals surface area (Å²) in [7, 11) is 0. The molecule has 1 saturated carbocycles. The Balaban J connectivity index is 1.30. The van der Waals surface area contributed by atoms with Gasteiger partial charge in [-0.2, -0.15) is 0 Å². The van der Waals surface area contributed by atoms with E-state index >= 15 is 0 Å². The van der Waals surface area contributed by atoms with Gasteiger partial charge in [-0.15, -0.1) is 10.2 Å².